The van der Waals surface area contributed by atoms with Crippen LogP contribution in [0.2, 0.25) is 15.1 Å². The number of nitrogens with one attached hydrogen (secondary N) is 1. The summed E-state index contributed by atoms with van der Waals surface area (Å²) >= 11 is 17.5. The third-order valence-electron chi connectivity index (χ3n) is 2.52. The monoisotopic (exact) mass is 399 g/mol. The van der Waals surface area contributed by atoms with Gasteiger partial charge in [-0.25, -0.2) is 9.97 Å². The normalized spacial score (nSPS) is 11.2. The topological polar surface area (TPSA) is 64.1 Å². The lowest BCUT2D eigenvalue weighted by atomic mass is 10.2. The maximum atomic E-state index is 12.2. The second kappa shape index (κ2) is 7.42. The van der Waals surface area contributed by atoms with E-state index in [2.05, 4.69) is 20.0 Å². The largest absolute Gasteiger partial charge is 0.481 e. The van der Waals surface area contributed by atoms with Gasteiger partial charge in [0.15, 0.2) is 12.4 Å². The van der Waals surface area contributed by atoms with Crippen LogP contribution in [0.1, 0.15) is 10.5 Å². The molecule has 1 aromatic heterocycles. The van der Waals surface area contributed by atoms with Gasteiger partial charge in [-0.2, -0.15) is 13.2 Å². The molecule has 1 heterocycles. The van der Waals surface area contributed by atoms with Gasteiger partial charge in [-0.15, -0.1) is 0 Å². The molecule has 0 radical (unpaired) electrons. The lowest BCUT2D eigenvalue weighted by Crippen LogP contribution is -2.19. The van der Waals surface area contributed by atoms with E-state index in [0.29, 0.717) is 0 Å². The van der Waals surface area contributed by atoms with E-state index in [4.69, 9.17) is 34.8 Å². The highest BCUT2D eigenvalue weighted by Gasteiger charge is 2.29. The first-order valence-electron chi connectivity index (χ1n) is 6.13. The second-order valence-corrected chi connectivity index (χ2v) is 5.57. The van der Waals surface area contributed by atoms with E-state index in [0.717, 1.165) is 6.33 Å². The molecule has 128 valence electrons. The number of ether oxygens (including phenoxy) is 1. The van der Waals surface area contributed by atoms with Crippen molar-refractivity contribution in [2.45, 2.75) is 6.18 Å². The van der Waals surface area contributed by atoms with Crippen molar-refractivity contribution in [3.05, 3.63) is 45.4 Å². The SMILES string of the molecule is O=C(Nc1cc(Cl)c(OCC(F)(F)F)c(Cl)c1)c1ncncc1Cl. The van der Waals surface area contributed by atoms with Gasteiger partial charge in [0.05, 0.1) is 15.1 Å². The van der Waals surface area contributed by atoms with Gasteiger partial charge in [-0.05, 0) is 12.1 Å². The Balaban J connectivity index is 2.18. The summed E-state index contributed by atoms with van der Waals surface area (Å²) < 4.78 is 41.1. The molecule has 0 aliphatic rings. The van der Waals surface area contributed by atoms with Crippen molar-refractivity contribution in [3.63, 3.8) is 0 Å². The molecule has 11 heteroatoms. The van der Waals surface area contributed by atoms with E-state index in [9.17, 15) is 18.0 Å². The summed E-state index contributed by atoms with van der Waals surface area (Å²) in [5.74, 6) is -1.01. The molecule has 0 bridgehead atoms. The van der Waals surface area contributed by atoms with Crippen LogP contribution >= 0.6 is 34.8 Å². The number of benzene rings is 1. The zero-order valence-electron chi connectivity index (χ0n) is 11.5. The zero-order chi connectivity index (χ0) is 17.9. The average molecular weight is 401 g/mol. The van der Waals surface area contributed by atoms with Crippen LogP contribution in [-0.4, -0.2) is 28.7 Å². The number of carbonyl (C=O) groups is 1. The van der Waals surface area contributed by atoms with Gasteiger partial charge in [0.25, 0.3) is 5.91 Å². The number of anilines is 1. The average Bonchev–Trinajstić information content (AvgIpc) is 2.45. The van der Waals surface area contributed by atoms with Crippen LogP contribution in [0.25, 0.3) is 0 Å². The van der Waals surface area contributed by atoms with Gasteiger partial charge in [0, 0.05) is 11.9 Å². The molecule has 0 aliphatic carbocycles. The Kier molecular flexibility index (Phi) is 5.74. The van der Waals surface area contributed by atoms with E-state index >= 15 is 0 Å². The lowest BCUT2D eigenvalue weighted by Gasteiger charge is -2.13. The van der Waals surface area contributed by atoms with Crippen LogP contribution in [0.15, 0.2) is 24.7 Å². The Morgan fingerprint density at radius 2 is 1.79 bits per heavy atom. The van der Waals surface area contributed by atoms with Gasteiger partial charge in [0.1, 0.15) is 12.0 Å². The highest BCUT2D eigenvalue weighted by atomic mass is 35.5. The quantitative estimate of drug-likeness (QED) is 0.813. The molecule has 0 saturated heterocycles. The summed E-state index contributed by atoms with van der Waals surface area (Å²) in [5, 5.41) is 2.05. The molecule has 0 spiro atoms. The van der Waals surface area contributed by atoms with E-state index in [1.807, 2.05) is 0 Å². The second-order valence-electron chi connectivity index (χ2n) is 4.35. The van der Waals surface area contributed by atoms with E-state index in [-0.39, 0.29) is 32.2 Å². The fourth-order valence-electron chi connectivity index (χ4n) is 1.59. The summed E-state index contributed by atoms with van der Waals surface area (Å²) in [5.41, 5.74) is 0.0420. The van der Waals surface area contributed by atoms with Gasteiger partial charge in [-0.3, -0.25) is 4.79 Å². The summed E-state index contributed by atoms with van der Waals surface area (Å²) in [4.78, 5) is 19.4. The summed E-state index contributed by atoms with van der Waals surface area (Å²) in [7, 11) is 0. The van der Waals surface area contributed by atoms with Crippen molar-refractivity contribution in [1.29, 1.82) is 0 Å². The van der Waals surface area contributed by atoms with Crippen LogP contribution < -0.4 is 10.1 Å². The number of hydrogen-bond acceptors (Lipinski definition) is 4. The molecule has 2 aromatic rings. The molecular formula is C13H7Cl3F3N3O2. The molecule has 0 atom stereocenters. The van der Waals surface area contributed by atoms with Crippen LogP contribution in [-0.2, 0) is 0 Å². The number of halogens is 6. The standard InChI is InChI=1S/C13H7Cl3F3N3O2/c14-7-1-6(2-8(15)11(7)24-4-13(17,18)19)22-12(23)10-9(16)3-20-5-21-10/h1-3,5H,4H2,(H,22,23). The highest BCUT2D eigenvalue weighted by Crippen LogP contribution is 2.37. The number of amides is 1. The van der Waals surface area contributed by atoms with Crippen molar-refractivity contribution in [1.82, 2.24) is 9.97 Å². The van der Waals surface area contributed by atoms with Crippen molar-refractivity contribution in [3.8, 4) is 5.75 Å². The number of hydrogen-bond donors (Lipinski definition) is 1. The maximum absolute atomic E-state index is 12.2. The van der Waals surface area contributed by atoms with E-state index < -0.39 is 18.7 Å². The number of alkyl halides is 3. The van der Waals surface area contributed by atoms with Gasteiger partial charge >= 0.3 is 6.18 Å². The molecule has 1 aromatic carbocycles. The van der Waals surface area contributed by atoms with E-state index in [1.165, 1.54) is 18.3 Å². The van der Waals surface area contributed by atoms with Crippen molar-refractivity contribution in [2.75, 3.05) is 11.9 Å². The minimum absolute atomic E-state index is 0.0253. The number of nitrogens with zero attached hydrogens (tertiary/aromatic N) is 2. The van der Waals surface area contributed by atoms with Crippen LogP contribution in [0.4, 0.5) is 18.9 Å². The van der Waals surface area contributed by atoms with E-state index in [1.54, 1.807) is 0 Å². The number of carbonyl (C=O) groups excluding carboxylic acids is 1. The number of rotatable bonds is 4. The van der Waals surface area contributed by atoms with Gasteiger partial charge in [-0.1, -0.05) is 34.8 Å². The molecule has 0 saturated carbocycles. The molecular weight excluding hydrogens is 394 g/mol. The Morgan fingerprint density at radius 1 is 1.17 bits per heavy atom. The first-order valence-corrected chi connectivity index (χ1v) is 7.26. The molecule has 0 unspecified atom stereocenters. The smallest absolute Gasteiger partial charge is 0.422 e. The molecule has 0 aliphatic heterocycles. The summed E-state index contributed by atoms with van der Waals surface area (Å²) in [6, 6.07) is 2.37. The van der Waals surface area contributed by atoms with Crippen molar-refractivity contribution < 1.29 is 22.7 Å². The Morgan fingerprint density at radius 3 is 2.33 bits per heavy atom. The molecule has 0 fully saturated rings. The maximum Gasteiger partial charge on any atom is 0.422 e. The highest BCUT2D eigenvalue weighted by molar-refractivity contribution is 6.38. The Labute approximate surface area is 148 Å². The van der Waals surface area contributed by atoms with Gasteiger partial charge < -0.3 is 10.1 Å². The van der Waals surface area contributed by atoms with Crippen LogP contribution in [0, 0.1) is 0 Å². The third-order valence-corrected chi connectivity index (χ3v) is 3.36. The molecule has 1 N–H and O–H groups in total. The number of aromatic nitrogens is 2. The lowest BCUT2D eigenvalue weighted by molar-refractivity contribution is -0.153. The fourth-order valence-corrected chi connectivity index (χ4v) is 2.38. The Bertz CT molecular complexity index is 749. The zero-order valence-corrected chi connectivity index (χ0v) is 13.8. The van der Waals surface area contributed by atoms with Crippen molar-refractivity contribution in [2.24, 2.45) is 0 Å². The third kappa shape index (κ3) is 4.86. The summed E-state index contributed by atoms with van der Waals surface area (Å²) in [6.07, 6.45) is -2.17. The fraction of sp³-hybridized carbons (Fsp3) is 0.154. The predicted octanol–water partition coefficient (Wildman–Crippen LogP) is 4.63. The molecule has 1 amide bonds. The van der Waals surface area contributed by atoms with Crippen molar-refractivity contribution >= 4 is 46.4 Å². The Hall–Kier alpha value is -1.77. The van der Waals surface area contributed by atoms with Crippen LogP contribution in [0.3, 0.4) is 0 Å². The predicted molar refractivity (Wildman–Crippen MR) is 83.0 cm³/mol. The van der Waals surface area contributed by atoms with Crippen LogP contribution in [0.5, 0.6) is 5.75 Å². The first-order chi connectivity index (χ1) is 11.2. The summed E-state index contributed by atoms with van der Waals surface area (Å²) in [6.45, 7) is -1.55. The minimum atomic E-state index is -4.54. The molecule has 2 rings (SSSR count). The molecule has 5 nitrogen and oxygen atoms in total. The minimum Gasteiger partial charge on any atom is -0.481 e. The first kappa shape index (κ1) is 18.6. The molecule has 24 heavy (non-hydrogen) atoms. The van der Waals surface area contributed by atoms with Gasteiger partial charge in [0.2, 0.25) is 0 Å².